The molecule has 4 nitrogen and oxygen atoms in total. The van der Waals surface area contributed by atoms with Crippen LogP contribution in [0.5, 0.6) is 0 Å². The third kappa shape index (κ3) is 5.76. The highest BCUT2D eigenvalue weighted by Gasteiger charge is 2.08. The first kappa shape index (κ1) is 19.8. The molecule has 0 aliphatic heterocycles. The molecule has 2 aromatic carbocycles. The number of nitrogens with one attached hydrogen (secondary N) is 1. The maximum Gasteiger partial charge on any atom is 0.228 e. The smallest absolute Gasteiger partial charge is 0.228 e. The van der Waals surface area contributed by atoms with Crippen LogP contribution in [0.3, 0.4) is 0 Å². The Morgan fingerprint density at radius 2 is 1.85 bits per heavy atom. The lowest BCUT2D eigenvalue weighted by Gasteiger charge is -2.13. The number of anilines is 2. The third-order valence-corrected chi connectivity index (χ3v) is 4.25. The molecule has 26 heavy (non-hydrogen) atoms. The highest BCUT2D eigenvalue weighted by Crippen LogP contribution is 2.19. The first-order valence-corrected chi connectivity index (χ1v) is 8.66. The number of nitrogens with zero attached hydrogens (tertiary/aromatic N) is 1. The van der Waals surface area contributed by atoms with Gasteiger partial charge in [-0.05, 0) is 48.9 Å². The topological polar surface area (TPSA) is 49.4 Å². The Hall–Kier alpha value is -2.56. The number of hydrogen-bond donors (Lipinski definition) is 1. The Balaban J connectivity index is 2.02. The van der Waals surface area contributed by atoms with Crippen molar-refractivity contribution < 1.29 is 9.59 Å². The van der Waals surface area contributed by atoms with Gasteiger partial charge >= 0.3 is 0 Å². The number of amides is 2. The maximum absolute atomic E-state index is 12.2. The van der Waals surface area contributed by atoms with Crippen LogP contribution in [-0.2, 0) is 16.0 Å². The minimum atomic E-state index is -0.169. The standard InChI is InChI=1S/C20H18Cl2N2O2/c1-2-16(21)11-12-24(14-25)18-9-7-17(8-10-18)23-20(26)13-15-5-3-4-6-19(15)22/h2-12,14H,13H2,1H3,(H,23,26)/b12-11-,16-2+. The van der Waals surface area contributed by atoms with Crippen LogP contribution in [0.4, 0.5) is 11.4 Å². The van der Waals surface area contributed by atoms with E-state index in [2.05, 4.69) is 5.32 Å². The lowest BCUT2D eigenvalue weighted by atomic mass is 10.1. The van der Waals surface area contributed by atoms with E-state index in [-0.39, 0.29) is 12.3 Å². The Morgan fingerprint density at radius 1 is 1.15 bits per heavy atom. The summed E-state index contributed by atoms with van der Waals surface area (Å²) < 4.78 is 0. The van der Waals surface area contributed by atoms with E-state index >= 15 is 0 Å². The van der Waals surface area contributed by atoms with Crippen molar-refractivity contribution in [2.45, 2.75) is 13.3 Å². The second kappa shape index (κ2) is 9.80. The molecule has 0 bridgehead atoms. The van der Waals surface area contributed by atoms with Crippen LogP contribution in [0.15, 0.2) is 71.9 Å². The molecule has 134 valence electrons. The van der Waals surface area contributed by atoms with Crippen LogP contribution in [-0.4, -0.2) is 12.3 Å². The van der Waals surface area contributed by atoms with Crippen LogP contribution in [0.1, 0.15) is 12.5 Å². The number of rotatable bonds is 7. The van der Waals surface area contributed by atoms with Gasteiger partial charge < -0.3 is 5.32 Å². The third-order valence-electron chi connectivity index (χ3n) is 3.54. The van der Waals surface area contributed by atoms with Gasteiger partial charge in [-0.2, -0.15) is 0 Å². The molecule has 2 amide bonds. The molecule has 2 rings (SSSR count). The zero-order valence-corrected chi connectivity index (χ0v) is 15.7. The lowest BCUT2D eigenvalue weighted by Crippen LogP contribution is -2.15. The predicted molar refractivity (Wildman–Crippen MR) is 108 cm³/mol. The van der Waals surface area contributed by atoms with E-state index in [1.807, 2.05) is 18.2 Å². The maximum atomic E-state index is 12.2. The van der Waals surface area contributed by atoms with Gasteiger partial charge in [-0.15, -0.1) is 0 Å². The summed E-state index contributed by atoms with van der Waals surface area (Å²) in [5.41, 5.74) is 2.05. The quantitative estimate of drug-likeness (QED) is 0.527. The Morgan fingerprint density at radius 3 is 2.46 bits per heavy atom. The van der Waals surface area contributed by atoms with Gasteiger partial charge in [0.05, 0.1) is 6.42 Å². The second-order valence-corrected chi connectivity index (χ2v) is 6.21. The fourth-order valence-electron chi connectivity index (χ4n) is 2.17. The zero-order valence-electron chi connectivity index (χ0n) is 14.2. The summed E-state index contributed by atoms with van der Waals surface area (Å²) in [6.07, 6.45) is 5.78. The molecule has 0 fully saturated rings. The van der Waals surface area contributed by atoms with Gasteiger partial charge in [0, 0.05) is 27.6 Å². The molecule has 1 N–H and O–H groups in total. The number of benzene rings is 2. The second-order valence-electron chi connectivity index (χ2n) is 5.37. The minimum absolute atomic E-state index is 0.169. The van der Waals surface area contributed by atoms with Crippen LogP contribution in [0.25, 0.3) is 0 Å². The first-order valence-electron chi connectivity index (χ1n) is 7.90. The van der Waals surface area contributed by atoms with E-state index in [0.717, 1.165) is 5.56 Å². The van der Waals surface area contributed by atoms with Gasteiger partial charge in [0.2, 0.25) is 12.3 Å². The summed E-state index contributed by atoms with van der Waals surface area (Å²) in [4.78, 5) is 24.8. The molecule has 0 unspecified atom stereocenters. The van der Waals surface area contributed by atoms with Crippen molar-refractivity contribution in [2.75, 3.05) is 10.2 Å². The van der Waals surface area contributed by atoms with E-state index < -0.39 is 0 Å². The minimum Gasteiger partial charge on any atom is -0.326 e. The molecule has 0 spiro atoms. The van der Waals surface area contributed by atoms with Crippen molar-refractivity contribution in [3.8, 4) is 0 Å². The van der Waals surface area contributed by atoms with Crippen molar-refractivity contribution >= 4 is 46.9 Å². The summed E-state index contributed by atoms with van der Waals surface area (Å²) >= 11 is 12.0. The fraction of sp³-hybridized carbons (Fsp3) is 0.100. The summed E-state index contributed by atoms with van der Waals surface area (Å²) in [5.74, 6) is -0.169. The molecule has 0 saturated carbocycles. The van der Waals surface area contributed by atoms with Crippen LogP contribution < -0.4 is 10.2 Å². The number of allylic oxidation sites excluding steroid dienone is 3. The molecule has 0 atom stereocenters. The van der Waals surface area contributed by atoms with Crippen molar-refractivity contribution in [2.24, 2.45) is 0 Å². The summed E-state index contributed by atoms with van der Waals surface area (Å²) in [6.45, 7) is 1.80. The lowest BCUT2D eigenvalue weighted by molar-refractivity contribution is -0.115. The van der Waals surface area contributed by atoms with Gasteiger partial charge in [0.1, 0.15) is 0 Å². The van der Waals surface area contributed by atoms with Gasteiger partial charge in [-0.3, -0.25) is 14.5 Å². The van der Waals surface area contributed by atoms with Crippen LogP contribution >= 0.6 is 23.2 Å². The fourth-order valence-corrected chi connectivity index (χ4v) is 2.43. The molecule has 2 aromatic rings. The molecule has 0 heterocycles. The molecule has 0 aromatic heterocycles. The number of carbonyl (C=O) groups excluding carboxylic acids is 2. The van der Waals surface area contributed by atoms with Gasteiger partial charge in [0.15, 0.2) is 0 Å². The van der Waals surface area contributed by atoms with Crippen molar-refractivity contribution in [1.82, 2.24) is 0 Å². The first-order chi connectivity index (χ1) is 12.5. The monoisotopic (exact) mass is 388 g/mol. The molecular weight excluding hydrogens is 371 g/mol. The van der Waals surface area contributed by atoms with E-state index in [1.165, 1.54) is 4.90 Å². The van der Waals surface area contributed by atoms with Gasteiger partial charge in [-0.25, -0.2) is 0 Å². The van der Waals surface area contributed by atoms with E-state index in [4.69, 9.17) is 23.2 Å². The molecule has 0 saturated heterocycles. The number of carbonyl (C=O) groups is 2. The van der Waals surface area contributed by atoms with Gasteiger partial charge in [0.25, 0.3) is 0 Å². The van der Waals surface area contributed by atoms with E-state index in [1.54, 1.807) is 55.6 Å². The Bertz CT molecular complexity index is 830. The van der Waals surface area contributed by atoms with Crippen molar-refractivity contribution in [3.63, 3.8) is 0 Å². The van der Waals surface area contributed by atoms with Crippen molar-refractivity contribution in [1.29, 1.82) is 0 Å². The normalized spacial score (nSPS) is 11.4. The molecule has 6 heteroatoms. The van der Waals surface area contributed by atoms with Gasteiger partial charge in [-0.1, -0.05) is 47.5 Å². The average molecular weight is 389 g/mol. The van der Waals surface area contributed by atoms with Crippen LogP contribution in [0, 0.1) is 0 Å². The number of hydrogen-bond acceptors (Lipinski definition) is 2. The summed E-state index contributed by atoms with van der Waals surface area (Å²) in [5, 5.41) is 3.90. The highest BCUT2D eigenvalue weighted by atomic mass is 35.5. The Kier molecular flexibility index (Phi) is 7.45. The molecule has 0 radical (unpaired) electrons. The molecule has 0 aliphatic rings. The number of halogens is 2. The predicted octanol–water partition coefficient (Wildman–Crippen LogP) is 5.14. The Labute approximate surface area is 162 Å². The summed E-state index contributed by atoms with van der Waals surface area (Å²) in [7, 11) is 0. The largest absolute Gasteiger partial charge is 0.326 e. The average Bonchev–Trinajstić information content (AvgIpc) is 2.65. The van der Waals surface area contributed by atoms with E-state index in [9.17, 15) is 9.59 Å². The molecular formula is C20H18Cl2N2O2. The summed E-state index contributed by atoms with van der Waals surface area (Å²) in [6, 6.07) is 14.1. The zero-order chi connectivity index (χ0) is 18.9. The highest BCUT2D eigenvalue weighted by molar-refractivity contribution is 6.31. The molecule has 0 aliphatic carbocycles. The van der Waals surface area contributed by atoms with E-state index in [0.29, 0.717) is 27.8 Å². The van der Waals surface area contributed by atoms with Crippen LogP contribution in [0.2, 0.25) is 5.02 Å². The SMILES string of the molecule is C/C=C(Cl)\C=C/N(C=O)c1ccc(NC(=O)Cc2ccccc2Cl)cc1. The van der Waals surface area contributed by atoms with Crippen molar-refractivity contribution in [3.05, 3.63) is 82.5 Å².